The molecule has 0 aliphatic heterocycles. The fourth-order valence-corrected chi connectivity index (χ4v) is 13.1. The van der Waals surface area contributed by atoms with E-state index in [9.17, 15) is 4.79 Å². The van der Waals surface area contributed by atoms with Crippen molar-refractivity contribution in [1.29, 1.82) is 0 Å². The van der Waals surface area contributed by atoms with Crippen molar-refractivity contribution in [2.45, 2.75) is 6.92 Å². The second-order valence-corrected chi connectivity index (χ2v) is 15.5. The Bertz CT molecular complexity index is 874. The number of hydrogen-bond acceptors (Lipinski definition) is 1. The highest BCUT2D eigenvalue weighted by Crippen LogP contribution is 2.59. The number of carbonyl (C=O) groups excluding carboxylic acids is 1. The predicted octanol–water partition coefficient (Wildman–Crippen LogP) is 4.92. The second kappa shape index (κ2) is 8.10. The van der Waals surface area contributed by atoms with Crippen LogP contribution in [-0.2, 0) is 4.79 Å². The van der Waals surface area contributed by atoms with Gasteiger partial charge in [-0.05, 0) is 42.2 Å². The maximum Gasteiger partial charge on any atom is 0.166 e. The number of Topliss-reactive ketones (excluding diaryl/α,β-unsaturated/α-hetero) is 1. The van der Waals surface area contributed by atoms with Crippen LogP contribution in [0, 0.1) is 0 Å². The molecule has 3 aromatic carbocycles. The second-order valence-electron chi connectivity index (χ2n) is 6.74. The van der Waals surface area contributed by atoms with Crippen molar-refractivity contribution < 1.29 is 4.79 Å². The van der Waals surface area contributed by atoms with Gasteiger partial charge in [-0.1, -0.05) is 102 Å². The highest BCUT2D eigenvalue weighted by molar-refractivity contribution is 8.64. The zero-order valence-corrected chi connectivity index (χ0v) is 18.3. The first-order valence-electron chi connectivity index (χ1n) is 8.76. The molecule has 0 aliphatic rings. The normalized spacial score (nSPS) is 12.4. The van der Waals surface area contributed by atoms with Crippen molar-refractivity contribution in [2.75, 3.05) is 12.5 Å². The smallest absolute Gasteiger partial charge is 0.166 e. The maximum atomic E-state index is 13.1. The van der Waals surface area contributed by atoms with E-state index in [0.29, 0.717) is 0 Å². The molecule has 0 saturated carbocycles. The standard InChI is InChI=1S/C23H24ClOPS/c1-19(25)23(27(2,3)24)26(20-13-7-4-8-14-20,21-15-9-5-10-16-21)22-17-11-6-12-18-22/h4-18H,1-3H3. The van der Waals surface area contributed by atoms with Crippen LogP contribution in [-0.4, -0.2) is 22.9 Å². The number of benzene rings is 3. The topological polar surface area (TPSA) is 17.1 Å². The van der Waals surface area contributed by atoms with Gasteiger partial charge in [-0.15, -0.1) is 9.24 Å². The SMILES string of the molecule is CC(=O)C(=P(c1ccccc1)(c1ccccc1)c1ccccc1)S(C)(C)Cl. The Morgan fingerprint density at radius 3 is 1.22 bits per heavy atom. The van der Waals surface area contributed by atoms with Gasteiger partial charge in [0.1, 0.15) is 0 Å². The summed E-state index contributed by atoms with van der Waals surface area (Å²) in [5, 5.41) is 3.48. The fraction of sp³-hybridized carbons (Fsp3) is 0.130. The van der Waals surface area contributed by atoms with Crippen LogP contribution in [0.5, 0.6) is 0 Å². The van der Waals surface area contributed by atoms with E-state index in [2.05, 4.69) is 36.4 Å². The van der Waals surface area contributed by atoms with Gasteiger partial charge in [0.15, 0.2) is 5.78 Å². The molecule has 0 radical (unpaired) electrons. The average Bonchev–Trinajstić information content (AvgIpc) is 2.66. The first-order chi connectivity index (χ1) is 12.9. The molecule has 4 heteroatoms. The molecule has 27 heavy (non-hydrogen) atoms. The van der Waals surface area contributed by atoms with E-state index >= 15 is 0 Å². The van der Waals surface area contributed by atoms with Crippen LogP contribution in [0.15, 0.2) is 91.0 Å². The van der Waals surface area contributed by atoms with Crippen molar-refractivity contribution in [3.63, 3.8) is 0 Å². The molecule has 0 amide bonds. The third-order valence-corrected chi connectivity index (χ3v) is 12.8. The largest absolute Gasteiger partial charge is 0.294 e. The summed E-state index contributed by atoms with van der Waals surface area (Å²) < 4.78 is 0.861. The molecule has 1 nitrogen and oxygen atoms in total. The molecule has 0 heterocycles. The van der Waals surface area contributed by atoms with Gasteiger partial charge in [-0.25, -0.2) is 0 Å². The summed E-state index contributed by atoms with van der Waals surface area (Å²) in [5.41, 5.74) is 0. The Hall–Kier alpha value is -1.73. The molecular formula is C23H24ClOPS. The van der Waals surface area contributed by atoms with Crippen molar-refractivity contribution in [1.82, 2.24) is 0 Å². The number of hydrogen-bond donors (Lipinski definition) is 0. The Labute approximate surface area is 168 Å². The zero-order valence-electron chi connectivity index (χ0n) is 15.8. The van der Waals surface area contributed by atoms with Crippen LogP contribution >= 0.6 is 26.8 Å². The van der Waals surface area contributed by atoms with Crippen molar-refractivity contribution in [3.8, 4) is 0 Å². The van der Waals surface area contributed by atoms with E-state index in [1.165, 1.54) is 0 Å². The van der Waals surface area contributed by atoms with Gasteiger partial charge >= 0.3 is 0 Å². The number of ketones is 1. The Morgan fingerprint density at radius 2 is 1.00 bits per heavy atom. The lowest BCUT2D eigenvalue weighted by Crippen LogP contribution is -2.34. The zero-order chi connectivity index (χ0) is 19.5. The van der Waals surface area contributed by atoms with E-state index in [-0.39, 0.29) is 5.78 Å². The highest BCUT2D eigenvalue weighted by atomic mass is 35.7. The minimum Gasteiger partial charge on any atom is -0.294 e. The summed E-state index contributed by atoms with van der Waals surface area (Å²) in [5.74, 6) is 0.0786. The van der Waals surface area contributed by atoms with E-state index in [4.69, 9.17) is 10.7 Å². The molecule has 0 atom stereocenters. The lowest BCUT2D eigenvalue weighted by atomic mass is 10.4. The van der Waals surface area contributed by atoms with Gasteiger partial charge in [0.05, 0.1) is 4.63 Å². The first-order valence-corrected chi connectivity index (χ1v) is 13.8. The van der Waals surface area contributed by atoms with E-state index in [1.807, 2.05) is 67.1 Å². The van der Waals surface area contributed by atoms with Crippen molar-refractivity contribution in [2.24, 2.45) is 0 Å². The van der Waals surface area contributed by atoms with Crippen LogP contribution in [0.1, 0.15) is 6.92 Å². The molecule has 0 aliphatic carbocycles. The molecular weight excluding hydrogens is 391 g/mol. The highest BCUT2D eigenvalue weighted by Gasteiger charge is 2.36. The number of halogens is 1. The third-order valence-electron chi connectivity index (χ3n) is 4.50. The molecule has 0 fully saturated rings. The summed E-state index contributed by atoms with van der Waals surface area (Å²) in [6.07, 6.45) is 4.02. The Morgan fingerprint density at radius 1 is 0.704 bits per heavy atom. The summed E-state index contributed by atoms with van der Waals surface area (Å²) >= 11 is 0. The van der Waals surface area contributed by atoms with Crippen LogP contribution in [0.4, 0.5) is 0 Å². The third kappa shape index (κ3) is 3.80. The lowest BCUT2D eigenvalue weighted by Gasteiger charge is -2.38. The lowest BCUT2D eigenvalue weighted by molar-refractivity contribution is -0.110. The molecule has 0 bridgehead atoms. The molecule has 0 saturated heterocycles. The summed E-state index contributed by atoms with van der Waals surface area (Å²) in [6, 6.07) is 31.1. The molecule has 0 spiro atoms. The average molecular weight is 415 g/mol. The van der Waals surface area contributed by atoms with E-state index < -0.39 is 16.1 Å². The molecule has 140 valence electrons. The van der Waals surface area contributed by atoms with Crippen molar-refractivity contribution >= 4 is 53.1 Å². The quantitative estimate of drug-likeness (QED) is 0.542. The maximum absolute atomic E-state index is 13.1. The van der Waals surface area contributed by atoms with E-state index in [1.54, 1.807) is 6.92 Å². The Balaban J connectivity index is 2.66. The van der Waals surface area contributed by atoms with Gasteiger partial charge in [-0.2, -0.15) is 0 Å². The summed E-state index contributed by atoms with van der Waals surface area (Å²) in [6.45, 7) is -0.706. The molecule has 3 rings (SSSR count). The van der Waals surface area contributed by atoms with Crippen LogP contribution in [0.2, 0.25) is 0 Å². The van der Waals surface area contributed by atoms with Crippen LogP contribution in [0.25, 0.3) is 0 Å². The fourth-order valence-electron chi connectivity index (χ4n) is 3.66. The Kier molecular flexibility index (Phi) is 6.01. The van der Waals surface area contributed by atoms with Crippen LogP contribution < -0.4 is 15.9 Å². The molecule has 0 unspecified atom stereocenters. The van der Waals surface area contributed by atoms with Gasteiger partial charge < -0.3 is 0 Å². The van der Waals surface area contributed by atoms with Gasteiger partial charge in [0, 0.05) is 0 Å². The van der Waals surface area contributed by atoms with Gasteiger partial charge in [0.2, 0.25) is 0 Å². The predicted molar refractivity (Wildman–Crippen MR) is 126 cm³/mol. The first kappa shape index (κ1) is 20.0. The van der Waals surface area contributed by atoms with Gasteiger partial charge in [-0.3, -0.25) is 4.79 Å². The van der Waals surface area contributed by atoms with E-state index in [0.717, 1.165) is 20.5 Å². The number of carbonyl (C=O) groups is 1. The monoisotopic (exact) mass is 414 g/mol. The molecule has 3 aromatic rings. The minimum absolute atomic E-state index is 0.0786. The van der Waals surface area contributed by atoms with Crippen LogP contribution in [0.3, 0.4) is 0 Å². The molecule has 0 N–H and O–H groups in total. The molecule has 0 aromatic heterocycles. The summed E-state index contributed by atoms with van der Waals surface area (Å²) in [7, 11) is 5.20. The summed E-state index contributed by atoms with van der Waals surface area (Å²) in [4.78, 5) is 13.1. The number of rotatable bonds is 5. The minimum atomic E-state index is -2.37. The van der Waals surface area contributed by atoms with Gasteiger partial charge in [0.25, 0.3) is 0 Å². The van der Waals surface area contributed by atoms with Crippen molar-refractivity contribution in [3.05, 3.63) is 91.0 Å².